The lowest BCUT2D eigenvalue weighted by atomic mass is 9.78. The van der Waals surface area contributed by atoms with Crippen LogP contribution in [0.15, 0.2) is 40.9 Å². The highest BCUT2D eigenvalue weighted by molar-refractivity contribution is 8.03. The second kappa shape index (κ2) is 12.8. The summed E-state index contributed by atoms with van der Waals surface area (Å²) < 4.78 is 10.3. The van der Waals surface area contributed by atoms with Gasteiger partial charge in [-0.1, -0.05) is 64.2 Å². The fourth-order valence-electron chi connectivity index (χ4n) is 3.65. The molecule has 0 saturated heterocycles. The number of hydrogen-bond donors (Lipinski definition) is 2. The van der Waals surface area contributed by atoms with Gasteiger partial charge in [0, 0.05) is 5.92 Å². The number of hydrogen-bond acceptors (Lipinski definition) is 7. The topological polar surface area (TPSA) is 118 Å². The molecule has 2 aromatic rings. The highest BCUT2D eigenvalue weighted by Gasteiger charge is 2.44. The summed E-state index contributed by atoms with van der Waals surface area (Å²) in [7, 11) is 1.14. The Hall–Kier alpha value is -2.61. The van der Waals surface area contributed by atoms with Gasteiger partial charge < -0.3 is 20.1 Å². The van der Waals surface area contributed by atoms with E-state index in [0.29, 0.717) is 17.9 Å². The van der Waals surface area contributed by atoms with Crippen molar-refractivity contribution in [3.63, 3.8) is 0 Å². The first-order chi connectivity index (χ1) is 17.6. The van der Waals surface area contributed by atoms with Crippen LogP contribution < -0.4 is 15.4 Å². The molecule has 2 amide bonds. The predicted octanol–water partition coefficient (Wildman–Crippen LogP) is 5.81. The van der Waals surface area contributed by atoms with Gasteiger partial charge in [-0.15, -0.1) is 0 Å². The van der Waals surface area contributed by atoms with Crippen molar-refractivity contribution >= 4 is 81.6 Å². The largest absolute Gasteiger partial charge is 0.491 e. The van der Waals surface area contributed by atoms with E-state index in [4.69, 9.17) is 55.9 Å². The standard InChI is InChI=1S/C24H19Cl4N3O5S/c1-3-36-21-14(26)7-11(8-15(21)27)18-12(9-29)23(31-22(33)19(18)24(34)35-2)37-10-17(32)30-16-6-4-5-13(25)20(16)28/h4-8,18-19H,3,10H2,1-2H3,(H,30,32)(H,31,33)/t18-,19+/m1/s1. The first kappa shape index (κ1) is 29.0. The number of esters is 1. The lowest BCUT2D eigenvalue weighted by Crippen LogP contribution is -2.44. The van der Waals surface area contributed by atoms with Crippen LogP contribution in [-0.4, -0.2) is 37.3 Å². The summed E-state index contributed by atoms with van der Waals surface area (Å²) >= 11 is 25.7. The number of methoxy groups -OCH3 is 1. The van der Waals surface area contributed by atoms with Crippen molar-refractivity contribution in [3.05, 3.63) is 66.6 Å². The van der Waals surface area contributed by atoms with Crippen molar-refractivity contribution in [2.24, 2.45) is 5.92 Å². The van der Waals surface area contributed by atoms with Crippen molar-refractivity contribution in [3.8, 4) is 11.8 Å². The number of nitriles is 1. The van der Waals surface area contributed by atoms with Crippen LogP contribution in [0.3, 0.4) is 0 Å². The number of allylic oxidation sites excluding steroid dienone is 1. The monoisotopic (exact) mass is 601 g/mol. The van der Waals surface area contributed by atoms with Crippen LogP contribution in [0.2, 0.25) is 20.1 Å². The zero-order valence-corrected chi connectivity index (χ0v) is 23.2. The Morgan fingerprint density at radius 2 is 1.84 bits per heavy atom. The fraction of sp³-hybridized carbons (Fsp3) is 0.250. The van der Waals surface area contributed by atoms with E-state index < -0.39 is 29.6 Å². The zero-order valence-electron chi connectivity index (χ0n) is 19.4. The molecule has 1 aliphatic heterocycles. The molecule has 37 heavy (non-hydrogen) atoms. The molecule has 13 heteroatoms. The minimum Gasteiger partial charge on any atom is -0.491 e. The Morgan fingerprint density at radius 3 is 2.43 bits per heavy atom. The van der Waals surface area contributed by atoms with Gasteiger partial charge in [-0.25, -0.2) is 0 Å². The third-order valence-corrected chi connectivity index (χ3v) is 7.62. The minimum absolute atomic E-state index is 0.0323. The quantitative estimate of drug-likeness (QED) is 0.289. The summed E-state index contributed by atoms with van der Waals surface area (Å²) in [6.45, 7) is 2.07. The molecule has 0 saturated carbocycles. The number of carbonyl (C=O) groups excluding carboxylic acids is 3. The lowest BCUT2D eigenvalue weighted by Gasteiger charge is -2.31. The third kappa shape index (κ3) is 6.46. The Morgan fingerprint density at radius 1 is 1.16 bits per heavy atom. The smallest absolute Gasteiger partial charge is 0.319 e. The summed E-state index contributed by atoms with van der Waals surface area (Å²) in [6.07, 6.45) is 0. The number of anilines is 1. The van der Waals surface area contributed by atoms with Gasteiger partial charge in [-0.3, -0.25) is 14.4 Å². The van der Waals surface area contributed by atoms with Crippen LogP contribution in [0.4, 0.5) is 5.69 Å². The Labute approximate surface area is 237 Å². The number of thioether (sulfide) groups is 1. The van der Waals surface area contributed by atoms with E-state index in [1.54, 1.807) is 25.1 Å². The number of benzene rings is 2. The van der Waals surface area contributed by atoms with Crippen molar-refractivity contribution < 1.29 is 23.9 Å². The molecule has 1 heterocycles. The molecule has 1 aliphatic rings. The molecule has 0 aromatic heterocycles. The Balaban J connectivity index is 1.97. The molecule has 0 aliphatic carbocycles. The number of nitrogens with one attached hydrogen (secondary N) is 2. The van der Waals surface area contributed by atoms with Gasteiger partial charge in [0.15, 0.2) is 5.75 Å². The summed E-state index contributed by atoms with van der Waals surface area (Å²) in [4.78, 5) is 38.2. The molecule has 0 fully saturated rings. The third-order valence-electron chi connectivity index (χ3n) is 5.23. The summed E-state index contributed by atoms with van der Waals surface area (Å²) in [5, 5.41) is 16.1. The minimum atomic E-state index is -1.40. The first-order valence-corrected chi connectivity index (χ1v) is 13.1. The average molecular weight is 603 g/mol. The Kier molecular flexibility index (Phi) is 9.99. The second-order valence-corrected chi connectivity index (χ2v) is 10.1. The zero-order chi connectivity index (χ0) is 27.3. The molecule has 0 radical (unpaired) electrons. The summed E-state index contributed by atoms with van der Waals surface area (Å²) in [5.41, 5.74) is 0.669. The molecule has 194 valence electrons. The predicted molar refractivity (Wildman–Crippen MR) is 144 cm³/mol. The number of nitrogens with zero attached hydrogens (tertiary/aromatic N) is 1. The average Bonchev–Trinajstić information content (AvgIpc) is 2.86. The van der Waals surface area contributed by atoms with Gasteiger partial charge >= 0.3 is 5.97 Å². The molecule has 8 nitrogen and oxygen atoms in total. The maximum Gasteiger partial charge on any atom is 0.319 e. The van der Waals surface area contributed by atoms with E-state index >= 15 is 0 Å². The molecule has 0 spiro atoms. The van der Waals surface area contributed by atoms with Crippen LogP contribution in [-0.2, 0) is 19.1 Å². The van der Waals surface area contributed by atoms with Crippen LogP contribution in [0.5, 0.6) is 5.75 Å². The van der Waals surface area contributed by atoms with Crippen LogP contribution in [0, 0.1) is 17.2 Å². The SMILES string of the molecule is CCOc1c(Cl)cc([C@@H]2C(C#N)=C(SCC(=O)Nc3cccc(Cl)c3Cl)NC(=O)[C@H]2C(=O)OC)cc1Cl. The van der Waals surface area contributed by atoms with Gasteiger partial charge in [-0.05, 0) is 36.8 Å². The number of amides is 2. The van der Waals surface area contributed by atoms with E-state index in [0.717, 1.165) is 18.9 Å². The van der Waals surface area contributed by atoms with E-state index in [1.165, 1.54) is 12.1 Å². The van der Waals surface area contributed by atoms with Gasteiger partial charge in [-0.2, -0.15) is 5.26 Å². The van der Waals surface area contributed by atoms with E-state index in [1.807, 2.05) is 6.07 Å². The fourth-order valence-corrected chi connectivity index (χ4v) is 5.45. The Bertz CT molecular complexity index is 1300. The van der Waals surface area contributed by atoms with Crippen molar-refractivity contribution in [2.75, 3.05) is 24.8 Å². The van der Waals surface area contributed by atoms with Gasteiger partial charge in [0.1, 0.15) is 5.92 Å². The number of halogens is 4. The number of rotatable bonds is 8. The van der Waals surface area contributed by atoms with Crippen molar-refractivity contribution in [1.82, 2.24) is 5.32 Å². The maximum atomic E-state index is 13.0. The van der Waals surface area contributed by atoms with Crippen molar-refractivity contribution in [1.29, 1.82) is 5.26 Å². The molecule has 2 N–H and O–H groups in total. The van der Waals surface area contributed by atoms with Crippen LogP contribution >= 0.6 is 58.2 Å². The van der Waals surface area contributed by atoms with E-state index in [-0.39, 0.29) is 42.2 Å². The molecular formula is C24H19Cl4N3O5S. The normalized spacial score (nSPS) is 17.1. The van der Waals surface area contributed by atoms with E-state index in [2.05, 4.69) is 10.6 Å². The van der Waals surface area contributed by atoms with Crippen molar-refractivity contribution in [2.45, 2.75) is 12.8 Å². The van der Waals surface area contributed by atoms with Gasteiger partial charge in [0.2, 0.25) is 11.8 Å². The lowest BCUT2D eigenvalue weighted by molar-refractivity contribution is -0.150. The molecule has 0 bridgehead atoms. The second-order valence-electron chi connectivity index (χ2n) is 7.51. The highest BCUT2D eigenvalue weighted by atomic mass is 35.5. The highest BCUT2D eigenvalue weighted by Crippen LogP contribution is 2.44. The molecular weight excluding hydrogens is 584 g/mol. The number of ether oxygens (including phenoxy) is 2. The number of carbonyl (C=O) groups is 3. The molecule has 3 rings (SSSR count). The van der Waals surface area contributed by atoms with Gasteiger partial charge in [0.25, 0.3) is 0 Å². The van der Waals surface area contributed by atoms with Crippen LogP contribution in [0.1, 0.15) is 18.4 Å². The van der Waals surface area contributed by atoms with E-state index in [9.17, 15) is 19.6 Å². The molecule has 2 atom stereocenters. The first-order valence-electron chi connectivity index (χ1n) is 10.6. The summed E-state index contributed by atoms with van der Waals surface area (Å²) in [5.74, 6) is -4.46. The van der Waals surface area contributed by atoms with Crippen LogP contribution in [0.25, 0.3) is 0 Å². The van der Waals surface area contributed by atoms with Gasteiger partial charge in [0.05, 0.1) is 61.9 Å². The molecule has 0 unspecified atom stereocenters. The molecule has 2 aromatic carbocycles. The maximum absolute atomic E-state index is 13.0. The summed E-state index contributed by atoms with van der Waals surface area (Å²) in [6, 6.07) is 9.78.